The summed E-state index contributed by atoms with van der Waals surface area (Å²) >= 11 is 0. The molecule has 1 N–H and O–H groups in total. The minimum absolute atomic E-state index is 0.179. The first-order valence-electron chi connectivity index (χ1n) is 6.67. The van der Waals surface area contributed by atoms with Crippen molar-refractivity contribution < 1.29 is 4.79 Å². The summed E-state index contributed by atoms with van der Waals surface area (Å²) in [4.78, 5) is 15.9. The van der Waals surface area contributed by atoms with Crippen LogP contribution in [0.4, 0.5) is 5.82 Å². The van der Waals surface area contributed by atoms with Gasteiger partial charge in [-0.15, -0.1) is 10.2 Å². The van der Waals surface area contributed by atoms with Crippen molar-refractivity contribution in [2.45, 2.75) is 19.3 Å². The smallest absolute Gasteiger partial charge is 0.231 e. The lowest BCUT2D eigenvalue weighted by molar-refractivity contribution is -0.115. The number of carbonyl (C=O) groups is 1. The van der Waals surface area contributed by atoms with Crippen molar-refractivity contribution in [1.82, 2.24) is 15.2 Å². The quantitative estimate of drug-likeness (QED) is 0.684. The molecule has 0 bridgehead atoms. The number of anilines is 1. The molecule has 0 aliphatic carbocycles. The normalized spacial score (nSPS) is 9.23. The maximum absolute atomic E-state index is 11.8. The van der Waals surface area contributed by atoms with Crippen LogP contribution in [-0.4, -0.2) is 21.1 Å². The van der Waals surface area contributed by atoms with E-state index in [0.29, 0.717) is 30.0 Å². The number of amides is 1. The van der Waals surface area contributed by atoms with Crippen molar-refractivity contribution in [3.05, 3.63) is 47.9 Å². The van der Waals surface area contributed by atoms with Crippen LogP contribution in [0.1, 0.15) is 24.2 Å². The first kappa shape index (κ1) is 15.1. The molecule has 0 unspecified atom stereocenters. The lowest BCUT2D eigenvalue weighted by Crippen LogP contribution is -2.16. The van der Waals surface area contributed by atoms with E-state index in [9.17, 15) is 4.79 Å². The molecule has 2 aromatic rings. The Labute approximate surface area is 128 Å². The third-order valence-electron chi connectivity index (χ3n) is 2.58. The summed E-state index contributed by atoms with van der Waals surface area (Å²) in [6.07, 6.45) is 2.71. The fourth-order valence-corrected chi connectivity index (χ4v) is 1.59. The molecule has 0 atom stereocenters. The largest absolute Gasteiger partial charge is 0.309 e. The van der Waals surface area contributed by atoms with E-state index in [0.717, 1.165) is 0 Å². The van der Waals surface area contributed by atoms with Gasteiger partial charge in [0, 0.05) is 24.7 Å². The van der Waals surface area contributed by atoms with Crippen LogP contribution in [0.3, 0.4) is 0 Å². The summed E-state index contributed by atoms with van der Waals surface area (Å²) in [6.45, 7) is 0. The minimum Gasteiger partial charge on any atom is -0.309 e. The Kier molecular flexibility index (Phi) is 5.60. The number of hydrogen-bond donors (Lipinski definition) is 1. The number of rotatable bonds is 4. The van der Waals surface area contributed by atoms with Gasteiger partial charge in [0.1, 0.15) is 5.69 Å². The van der Waals surface area contributed by atoms with Gasteiger partial charge in [0.15, 0.2) is 5.82 Å². The molecule has 0 saturated carbocycles. The number of hydrogen-bond acceptors (Lipinski definition) is 5. The molecule has 2 heterocycles. The fourth-order valence-electron chi connectivity index (χ4n) is 1.59. The number of pyridine rings is 1. The number of aromatic nitrogens is 3. The topological polar surface area (TPSA) is 91.6 Å². The van der Waals surface area contributed by atoms with Crippen LogP contribution >= 0.6 is 0 Å². The van der Waals surface area contributed by atoms with Gasteiger partial charge in [0.2, 0.25) is 5.91 Å². The van der Waals surface area contributed by atoms with Gasteiger partial charge in [-0.3, -0.25) is 9.78 Å². The van der Waals surface area contributed by atoms with Crippen molar-refractivity contribution >= 4 is 11.7 Å². The van der Waals surface area contributed by atoms with Gasteiger partial charge in [0.05, 0.1) is 12.5 Å². The third-order valence-corrected chi connectivity index (χ3v) is 2.58. The van der Waals surface area contributed by atoms with E-state index in [4.69, 9.17) is 5.26 Å². The van der Waals surface area contributed by atoms with Gasteiger partial charge in [-0.2, -0.15) is 5.26 Å². The molecule has 6 nitrogen and oxygen atoms in total. The van der Waals surface area contributed by atoms with E-state index in [2.05, 4.69) is 32.3 Å². The monoisotopic (exact) mass is 291 g/mol. The number of unbranched alkanes of at least 4 members (excludes halogenated alkanes) is 1. The highest BCUT2D eigenvalue weighted by Crippen LogP contribution is 2.03. The SMILES string of the molecule is N#CCCC#Cc1ccc(NC(=O)Cc2ccccn2)nn1. The summed E-state index contributed by atoms with van der Waals surface area (Å²) < 4.78 is 0. The second-order valence-corrected chi connectivity index (χ2v) is 4.31. The Bertz CT molecular complexity index is 723. The predicted molar refractivity (Wildman–Crippen MR) is 80.3 cm³/mol. The van der Waals surface area contributed by atoms with Crippen molar-refractivity contribution in [2.24, 2.45) is 0 Å². The zero-order chi connectivity index (χ0) is 15.6. The van der Waals surface area contributed by atoms with Crippen LogP contribution < -0.4 is 5.32 Å². The molecule has 1 amide bonds. The van der Waals surface area contributed by atoms with Gasteiger partial charge in [0.25, 0.3) is 0 Å². The van der Waals surface area contributed by atoms with Crippen LogP contribution in [0, 0.1) is 23.2 Å². The average Bonchev–Trinajstić information content (AvgIpc) is 2.54. The molecular weight excluding hydrogens is 278 g/mol. The second-order valence-electron chi connectivity index (χ2n) is 4.31. The van der Waals surface area contributed by atoms with Crippen LogP contribution in [-0.2, 0) is 11.2 Å². The van der Waals surface area contributed by atoms with Crippen LogP contribution in [0.5, 0.6) is 0 Å². The van der Waals surface area contributed by atoms with Crippen molar-refractivity contribution in [1.29, 1.82) is 5.26 Å². The van der Waals surface area contributed by atoms with Gasteiger partial charge in [-0.1, -0.05) is 12.0 Å². The third kappa shape index (κ3) is 5.03. The number of nitriles is 1. The molecular formula is C16H13N5O. The molecule has 0 aliphatic heterocycles. The number of carbonyl (C=O) groups excluding carboxylic acids is 1. The first-order valence-corrected chi connectivity index (χ1v) is 6.67. The zero-order valence-corrected chi connectivity index (χ0v) is 11.8. The Hall–Kier alpha value is -3.25. The molecule has 6 heteroatoms. The lowest BCUT2D eigenvalue weighted by atomic mass is 10.2. The minimum atomic E-state index is -0.208. The molecule has 0 radical (unpaired) electrons. The molecule has 0 fully saturated rings. The van der Waals surface area contributed by atoms with Crippen LogP contribution in [0.25, 0.3) is 0 Å². The fraction of sp³-hybridized carbons (Fsp3) is 0.188. The highest BCUT2D eigenvalue weighted by molar-refractivity contribution is 5.91. The van der Waals surface area contributed by atoms with Crippen molar-refractivity contribution in [3.8, 4) is 17.9 Å². The van der Waals surface area contributed by atoms with Gasteiger partial charge >= 0.3 is 0 Å². The highest BCUT2D eigenvalue weighted by Gasteiger charge is 2.05. The summed E-state index contributed by atoms with van der Waals surface area (Å²) in [5.41, 5.74) is 1.19. The molecule has 2 rings (SSSR count). The highest BCUT2D eigenvalue weighted by atomic mass is 16.1. The van der Waals surface area contributed by atoms with E-state index in [1.165, 1.54) is 0 Å². The summed E-state index contributed by atoms with van der Waals surface area (Å²) in [7, 11) is 0. The Balaban J connectivity index is 1.89. The van der Waals surface area contributed by atoms with Crippen LogP contribution in [0.15, 0.2) is 36.5 Å². The molecule has 2 aromatic heterocycles. The maximum Gasteiger partial charge on any atom is 0.231 e. The molecule has 0 spiro atoms. The predicted octanol–water partition coefficient (Wildman–Crippen LogP) is 1.71. The second kappa shape index (κ2) is 8.13. The summed E-state index contributed by atoms with van der Waals surface area (Å²) in [6, 6.07) is 10.7. The molecule has 22 heavy (non-hydrogen) atoms. The first-order chi connectivity index (χ1) is 10.8. The average molecular weight is 291 g/mol. The Morgan fingerprint density at radius 1 is 1.18 bits per heavy atom. The van der Waals surface area contributed by atoms with Gasteiger partial charge < -0.3 is 5.32 Å². The lowest BCUT2D eigenvalue weighted by Gasteiger charge is -2.03. The molecule has 108 valence electrons. The van der Waals surface area contributed by atoms with E-state index < -0.39 is 0 Å². The van der Waals surface area contributed by atoms with E-state index in [1.807, 2.05) is 12.1 Å². The molecule has 0 aromatic carbocycles. The van der Waals surface area contributed by atoms with E-state index in [1.54, 1.807) is 30.5 Å². The van der Waals surface area contributed by atoms with E-state index >= 15 is 0 Å². The van der Waals surface area contributed by atoms with Crippen molar-refractivity contribution in [3.63, 3.8) is 0 Å². The number of nitrogens with one attached hydrogen (secondary N) is 1. The summed E-state index contributed by atoms with van der Waals surface area (Å²) in [5.74, 6) is 5.78. The summed E-state index contributed by atoms with van der Waals surface area (Å²) in [5, 5.41) is 18.8. The standard InChI is InChI=1S/C16H13N5O/c17-10-4-1-2-6-13-8-9-15(21-20-13)19-16(22)12-14-7-3-5-11-18-14/h3,5,7-9,11H,1,4,12H2,(H,19,21,22). The van der Waals surface area contributed by atoms with Crippen molar-refractivity contribution in [2.75, 3.05) is 5.32 Å². The maximum atomic E-state index is 11.8. The Morgan fingerprint density at radius 3 is 2.77 bits per heavy atom. The molecule has 0 saturated heterocycles. The molecule has 0 aliphatic rings. The van der Waals surface area contributed by atoms with Crippen LogP contribution in [0.2, 0.25) is 0 Å². The van der Waals surface area contributed by atoms with Gasteiger partial charge in [-0.25, -0.2) is 0 Å². The Morgan fingerprint density at radius 2 is 2.09 bits per heavy atom. The van der Waals surface area contributed by atoms with E-state index in [-0.39, 0.29) is 12.3 Å². The zero-order valence-electron chi connectivity index (χ0n) is 11.8. The number of nitrogens with zero attached hydrogens (tertiary/aromatic N) is 4. The van der Waals surface area contributed by atoms with Gasteiger partial charge in [-0.05, 0) is 30.2 Å².